The highest BCUT2D eigenvalue weighted by Gasteiger charge is 2.54. The van der Waals surface area contributed by atoms with Crippen molar-refractivity contribution in [1.29, 1.82) is 0 Å². The molecule has 0 fully saturated rings. The van der Waals surface area contributed by atoms with Gasteiger partial charge in [-0.15, -0.1) is 11.8 Å². The third kappa shape index (κ3) is 6.33. The van der Waals surface area contributed by atoms with Gasteiger partial charge in [0.15, 0.2) is 5.84 Å². The van der Waals surface area contributed by atoms with Gasteiger partial charge < -0.3 is 46.2 Å². The van der Waals surface area contributed by atoms with Gasteiger partial charge in [0.2, 0.25) is 4.87 Å². The van der Waals surface area contributed by atoms with Gasteiger partial charge in [0.1, 0.15) is 24.4 Å². The highest BCUT2D eigenvalue weighted by Crippen LogP contribution is 2.44. The number of aryl methyl sites for hydroxylation is 2. The molecule has 3 rings (SSSR count). The number of carboxylic acid groups (broad SMARTS) is 1. The summed E-state index contributed by atoms with van der Waals surface area (Å²) in [4.78, 5) is 57.7. The molecule has 38 heavy (non-hydrogen) atoms. The van der Waals surface area contributed by atoms with Crippen LogP contribution in [0, 0.1) is 13.8 Å². The fourth-order valence-corrected chi connectivity index (χ4v) is 5.31. The Hall–Kier alpha value is -2.60. The predicted octanol–water partition coefficient (Wildman–Crippen LogP) is -1.78. The number of nitrogens with one attached hydrogen (secondary N) is 2. The summed E-state index contributed by atoms with van der Waals surface area (Å²) in [7, 11) is -4.97. The molecule has 210 valence electrons. The van der Waals surface area contributed by atoms with Crippen LogP contribution in [-0.2, 0) is 18.7 Å². The van der Waals surface area contributed by atoms with E-state index in [2.05, 4.69) is 20.1 Å². The van der Waals surface area contributed by atoms with Crippen molar-refractivity contribution in [3.05, 3.63) is 23.3 Å². The van der Waals surface area contributed by atoms with Crippen molar-refractivity contribution < 1.29 is 53.7 Å². The van der Waals surface area contributed by atoms with Crippen molar-refractivity contribution in [2.45, 2.75) is 43.1 Å². The number of amidine groups is 1. The molecule has 0 aliphatic carbocycles. The Labute approximate surface area is 220 Å². The zero-order valence-electron chi connectivity index (χ0n) is 20.1. The van der Waals surface area contributed by atoms with E-state index in [0.29, 0.717) is 11.4 Å². The molecule has 0 spiro atoms. The minimum absolute atomic E-state index is 0.239. The number of carbonyl (C=O) groups is 3. The van der Waals surface area contributed by atoms with Crippen molar-refractivity contribution in [3.8, 4) is 0 Å². The molecule has 2 aliphatic heterocycles. The van der Waals surface area contributed by atoms with Crippen LogP contribution >= 0.6 is 19.6 Å². The number of thioether (sulfide) groups is 1. The minimum atomic E-state index is -4.97. The van der Waals surface area contributed by atoms with Gasteiger partial charge in [-0.3, -0.25) is 19.4 Å². The van der Waals surface area contributed by atoms with E-state index < -0.39 is 68.1 Å². The summed E-state index contributed by atoms with van der Waals surface area (Å²) in [5.41, 5.74) is 7.90. The number of nitrogens with zero attached hydrogens (tertiary/aromatic N) is 2. The number of aliphatic hydroxyl groups is 3. The lowest BCUT2D eigenvalue weighted by molar-refractivity contribution is -0.138. The SMILES string of the molecule is Cc1cc2c(cc1C)N(C[C@H](O)[C@H](O)[C@H](O)COP(=O)(O)O)C1=NC(=O)NC(=O)C1(SC[C@H](N)C(=O)O)N2. The van der Waals surface area contributed by atoms with Crippen molar-refractivity contribution in [1.82, 2.24) is 5.32 Å². The number of nitrogens with two attached hydrogens (primary N) is 1. The van der Waals surface area contributed by atoms with Crippen molar-refractivity contribution in [3.63, 3.8) is 0 Å². The Morgan fingerprint density at radius 1 is 1.21 bits per heavy atom. The molecule has 2 heterocycles. The molecule has 18 heteroatoms. The number of aliphatic imine (C=N–C) groups is 1. The quantitative estimate of drug-likeness (QED) is 0.132. The van der Waals surface area contributed by atoms with E-state index in [0.717, 1.165) is 22.9 Å². The molecule has 3 amide bonds. The molecule has 0 aromatic heterocycles. The number of carboxylic acids is 1. The number of aliphatic hydroxyl groups excluding tert-OH is 3. The van der Waals surface area contributed by atoms with Crippen molar-refractivity contribution in [2.75, 3.05) is 29.1 Å². The fourth-order valence-electron chi connectivity index (χ4n) is 3.74. The van der Waals surface area contributed by atoms with Gasteiger partial charge >= 0.3 is 19.8 Å². The maximum absolute atomic E-state index is 13.2. The lowest BCUT2D eigenvalue weighted by Gasteiger charge is -2.47. The average Bonchev–Trinajstić information content (AvgIpc) is 2.82. The molecule has 0 saturated heterocycles. The summed E-state index contributed by atoms with van der Waals surface area (Å²) in [5, 5.41) is 45.6. The molecule has 1 aromatic carbocycles. The second kappa shape index (κ2) is 11.3. The zero-order valence-corrected chi connectivity index (χ0v) is 21.8. The van der Waals surface area contributed by atoms with E-state index in [9.17, 15) is 39.4 Å². The summed E-state index contributed by atoms with van der Waals surface area (Å²) in [6, 6.07) is 0.937. The first-order valence-corrected chi connectivity index (χ1v) is 13.6. The number of aliphatic carboxylic acids is 1. The number of hydrogen-bond donors (Lipinski definition) is 9. The van der Waals surface area contributed by atoms with Crippen molar-refractivity contribution >= 4 is 54.7 Å². The van der Waals surface area contributed by atoms with Crippen LogP contribution < -0.4 is 21.3 Å². The van der Waals surface area contributed by atoms with Gasteiger partial charge in [-0.05, 0) is 37.1 Å². The Bertz CT molecular complexity index is 1210. The number of phosphoric ester groups is 1. The lowest BCUT2D eigenvalue weighted by Crippen LogP contribution is -2.68. The average molecular weight is 578 g/mol. The topological polar surface area (TPSA) is 265 Å². The van der Waals surface area contributed by atoms with E-state index >= 15 is 0 Å². The molecule has 0 radical (unpaired) electrons. The molecule has 1 unspecified atom stereocenters. The van der Waals surface area contributed by atoms with Crippen LogP contribution in [-0.4, -0.2) is 102 Å². The highest BCUT2D eigenvalue weighted by molar-refractivity contribution is 8.02. The second-order valence-electron chi connectivity index (χ2n) is 8.73. The first kappa shape index (κ1) is 29.9. The number of rotatable bonds is 11. The second-order valence-corrected chi connectivity index (χ2v) is 11.2. The van der Waals surface area contributed by atoms with Gasteiger partial charge in [0.05, 0.1) is 24.5 Å². The summed E-state index contributed by atoms with van der Waals surface area (Å²) in [5.74, 6) is -2.74. The first-order chi connectivity index (χ1) is 17.6. The highest BCUT2D eigenvalue weighted by atomic mass is 32.2. The third-order valence-electron chi connectivity index (χ3n) is 5.90. The number of urea groups is 1. The molecule has 0 bridgehead atoms. The number of anilines is 2. The summed E-state index contributed by atoms with van der Waals surface area (Å²) >= 11 is 0.752. The summed E-state index contributed by atoms with van der Waals surface area (Å²) in [6.07, 6.45) is -5.72. The standard InChI is InChI=1S/C20H28N5O11PS/c1-8-3-11-12(4-9(8)2)25(5-13(26)15(28)14(27)6-36-37(33,34)35)17-20(24-11,18(31)23-19(32)22-17)38-7-10(21)16(29)30/h3-4,10,13-15,24,26-28H,5-7,21H2,1-2H3,(H,29,30)(H,23,31,32)(H2,33,34,35)/t10-,13-,14+,15-,20?/m0/s1. The van der Waals surface area contributed by atoms with Gasteiger partial charge in [-0.2, -0.15) is 4.99 Å². The Balaban J connectivity index is 2.04. The maximum atomic E-state index is 13.2. The molecule has 5 atom stereocenters. The Kier molecular flexibility index (Phi) is 8.87. The maximum Gasteiger partial charge on any atom is 0.469 e. The van der Waals surface area contributed by atoms with Crippen LogP contribution in [0.25, 0.3) is 0 Å². The number of fused-ring (bicyclic) bond motifs is 2. The van der Waals surface area contributed by atoms with Crippen LogP contribution in [0.4, 0.5) is 16.2 Å². The minimum Gasteiger partial charge on any atom is -0.480 e. The third-order valence-corrected chi connectivity index (χ3v) is 7.81. The number of phosphoric acid groups is 1. The van der Waals surface area contributed by atoms with Crippen LogP contribution in [0.15, 0.2) is 17.1 Å². The summed E-state index contributed by atoms with van der Waals surface area (Å²) in [6.45, 7) is 2.02. The van der Waals surface area contributed by atoms with E-state index in [1.807, 2.05) is 0 Å². The number of benzene rings is 1. The number of β-amino-alcohol motifs (C(OH)–C–C–N with tert-alkyl or cyclic N) is 1. The van der Waals surface area contributed by atoms with E-state index in [1.54, 1.807) is 26.0 Å². The number of imide groups is 1. The fraction of sp³-hybridized carbons (Fsp3) is 0.500. The molecule has 0 saturated carbocycles. The van der Waals surface area contributed by atoms with E-state index in [-0.39, 0.29) is 11.6 Å². The Morgan fingerprint density at radius 3 is 2.45 bits per heavy atom. The van der Waals surface area contributed by atoms with Gasteiger partial charge in [-0.25, -0.2) is 9.36 Å². The molecular weight excluding hydrogens is 549 g/mol. The van der Waals surface area contributed by atoms with E-state index in [1.165, 1.54) is 4.90 Å². The first-order valence-electron chi connectivity index (χ1n) is 11.0. The molecule has 1 aromatic rings. The van der Waals surface area contributed by atoms with Gasteiger partial charge in [-0.1, -0.05) is 0 Å². The normalized spacial score (nSPS) is 22.3. The molecule has 10 N–H and O–H groups in total. The van der Waals surface area contributed by atoms with Crippen molar-refractivity contribution in [2.24, 2.45) is 10.7 Å². The van der Waals surface area contributed by atoms with Crippen LogP contribution in [0.3, 0.4) is 0 Å². The monoisotopic (exact) mass is 577 g/mol. The van der Waals surface area contributed by atoms with Crippen LogP contribution in [0.1, 0.15) is 11.1 Å². The van der Waals surface area contributed by atoms with Gasteiger partial charge in [0, 0.05) is 5.75 Å². The van der Waals surface area contributed by atoms with Gasteiger partial charge in [0.25, 0.3) is 5.91 Å². The smallest absolute Gasteiger partial charge is 0.469 e. The number of amides is 3. The predicted molar refractivity (Wildman–Crippen MR) is 135 cm³/mol. The van der Waals surface area contributed by atoms with Crippen LogP contribution in [0.2, 0.25) is 0 Å². The number of hydrogen-bond acceptors (Lipinski definition) is 12. The Morgan fingerprint density at radius 2 is 1.84 bits per heavy atom. The van der Waals surface area contributed by atoms with E-state index in [4.69, 9.17) is 15.5 Å². The zero-order chi connectivity index (χ0) is 28.6. The molecule has 2 aliphatic rings. The number of carbonyl (C=O) groups excluding carboxylic acids is 2. The van der Waals surface area contributed by atoms with Crippen LogP contribution in [0.5, 0.6) is 0 Å². The largest absolute Gasteiger partial charge is 0.480 e. The molecule has 16 nitrogen and oxygen atoms in total. The lowest BCUT2D eigenvalue weighted by atomic mass is 9.99. The summed E-state index contributed by atoms with van der Waals surface area (Å²) < 4.78 is 15.1. The molecular formula is C20H28N5O11PS.